The van der Waals surface area contributed by atoms with Crippen molar-refractivity contribution in [1.82, 2.24) is 15.1 Å². The van der Waals surface area contributed by atoms with E-state index >= 15 is 0 Å². The van der Waals surface area contributed by atoms with Crippen molar-refractivity contribution in [1.29, 1.82) is 0 Å². The van der Waals surface area contributed by atoms with Crippen LogP contribution in [0.5, 0.6) is 0 Å². The zero-order valence-electron chi connectivity index (χ0n) is 13.3. The number of hydrogen-bond donors (Lipinski definition) is 1. The summed E-state index contributed by atoms with van der Waals surface area (Å²) in [6, 6.07) is 0.435. The van der Waals surface area contributed by atoms with E-state index in [1.165, 1.54) is 0 Å². The first kappa shape index (κ1) is 16.4. The third-order valence-electron chi connectivity index (χ3n) is 3.94. The molecule has 0 atom stereocenters. The lowest BCUT2D eigenvalue weighted by Crippen LogP contribution is -2.46. The minimum Gasteiger partial charge on any atom is -0.343 e. The minimum atomic E-state index is 0.0886. The summed E-state index contributed by atoms with van der Waals surface area (Å²) in [7, 11) is 1.96. The average Bonchev–Trinajstić information content (AvgIpc) is 2.36. The van der Waals surface area contributed by atoms with Crippen LogP contribution in [-0.2, 0) is 4.79 Å². The van der Waals surface area contributed by atoms with Crippen molar-refractivity contribution in [3.05, 3.63) is 0 Å². The second-order valence-corrected chi connectivity index (χ2v) is 6.60. The van der Waals surface area contributed by atoms with E-state index in [2.05, 4.69) is 37.9 Å². The second-order valence-electron chi connectivity index (χ2n) is 6.60. The standard InChI is InChI=1S/C15H31N3O/c1-6-18-11-8-13(9-12-18)17(5)14(19)7-10-16-15(2,3)4/h13,16H,6-12H2,1-5H3. The number of carbonyl (C=O) groups excluding carboxylic acids is 1. The lowest BCUT2D eigenvalue weighted by molar-refractivity contribution is -0.132. The molecular formula is C15H31N3O. The highest BCUT2D eigenvalue weighted by Crippen LogP contribution is 2.15. The summed E-state index contributed by atoms with van der Waals surface area (Å²) in [4.78, 5) is 16.6. The SMILES string of the molecule is CCN1CCC(N(C)C(=O)CCNC(C)(C)C)CC1. The maximum atomic E-state index is 12.2. The molecule has 19 heavy (non-hydrogen) atoms. The molecule has 1 rings (SSSR count). The molecule has 0 aliphatic carbocycles. The van der Waals surface area contributed by atoms with Crippen LogP contribution in [0, 0.1) is 0 Å². The highest BCUT2D eigenvalue weighted by molar-refractivity contribution is 5.76. The Morgan fingerprint density at radius 3 is 2.37 bits per heavy atom. The number of likely N-dealkylation sites (tertiary alicyclic amines) is 1. The number of nitrogens with one attached hydrogen (secondary N) is 1. The first-order chi connectivity index (χ1) is 8.83. The van der Waals surface area contributed by atoms with Gasteiger partial charge >= 0.3 is 0 Å². The maximum Gasteiger partial charge on any atom is 0.223 e. The molecule has 0 unspecified atom stereocenters. The molecule has 4 nitrogen and oxygen atoms in total. The molecule has 1 aliphatic rings. The second kappa shape index (κ2) is 7.25. The summed E-state index contributed by atoms with van der Waals surface area (Å²) in [6.45, 7) is 12.7. The highest BCUT2D eigenvalue weighted by Gasteiger charge is 2.24. The number of piperidine rings is 1. The quantitative estimate of drug-likeness (QED) is 0.825. The van der Waals surface area contributed by atoms with Crippen LogP contribution in [0.15, 0.2) is 0 Å². The zero-order chi connectivity index (χ0) is 14.5. The van der Waals surface area contributed by atoms with E-state index < -0.39 is 0 Å². The predicted octanol–water partition coefficient (Wildman–Crippen LogP) is 1.71. The van der Waals surface area contributed by atoms with Gasteiger partial charge in [0.2, 0.25) is 5.91 Å². The van der Waals surface area contributed by atoms with Crippen LogP contribution in [0.3, 0.4) is 0 Å². The Morgan fingerprint density at radius 1 is 1.32 bits per heavy atom. The van der Waals surface area contributed by atoms with Crippen LogP contribution < -0.4 is 5.32 Å². The summed E-state index contributed by atoms with van der Waals surface area (Å²) in [5, 5.41) is 3.37. The van der Waals surface area contributed by atoms with Gasteiger partial charge in [0, 0.05) is 44.7 Å². The van der Waals surface area contributed by atoms with Gasteiger partial charge in [-0.25, -0.2) is 0 Å². The van der Waals surface area contributed by atoms with Crippen molar-refractivity contribution < 1.29 is 4.79 Å². The van der Waals surface area contributed by atoms with E-state index in [-0.39, 0.29) is 11.4 Å². The highest BCUT2D eigenvalue weighted by atomic mass is 16.2. The van der Waals surface area contributed by atoms with Crippen molar-refractivity contribution >= 4 is 5.91 Å². The Bertz CT molecular complexity index is 278. The van der Waals surface area contributed by atoms with Gasteiger partial charge in [-0.05, 0) is 40.2 Å². The molecule has 1 aliphatic heterocycles. The summed E-state index contributed by atoms with van der Waals surface area (Å²) in [6.07, 6.45) is 2.83. The van der Waals surface area contributed by atoms with Crippen LogP contribution >= 0.6 is 0 Å². The van der Waals surface area contributed by atoms with E-state index in [9.17, 15) is 4.79 Å². The third-order valence-corrected chi connectivity index (χ3v) is 3.94. The number of rotatable bonds is 5. The fourth-order valence-electron chi connectivity index (χ4n) is 2.55. The molecule has 1 heterocycles. The van der Waals surface area contributed by atoms with Gasteiger partial charge in [-0.3, -0.25) is 4.79 Å². The molecule has 112 valence electrons. The van der Waals surface area contributed by atoms with Crippen molar-refractivity contribution in [3.63, 3.8) is 0 Å². The average molecular weight is 269 g/mol. The van der Waals surface area contributed by atoms with Crippen LogP contribution in [0.4, 0.5) is 0 Å². The molecule has 0 aromatic carbocycles. The van der Waals surface area contributed by atoms with Crippen molar-refractivity contribution in [2.24, 2.45) is 0 Å². The number of carbonyl (C=O) groups is 1. The van der Waals surface area contributed by atoms with Crippen LogP contribution in [0.25, 0.3) is 0 Å². The summed E-state index contributed by atoms with van der Waals surface area (Å²) in [5.74, 6) is 0.270. The Balaban J connectivity index is 2.29. The largest absolute Gasteiger partial charge is 0.343 e. The Kier molecular flexibility index (Phi) is 6.27. The summed E-state index contributed by atoms with van der Waals surface area (Å²) < 4.78 is 0. The smallest absolute Gasteiger partial charge is 0.223 e. The van der Waals surface area contributed by atoms with Gasteiger partial charge in [0.05, 0.1) is 0 Å². The van der Waals surface area contributed by atoms with Crippen molar-refractivity contribution in [2.75, 3.05) is 33.2 Å². The molecule has 4 heteroatoms. The van der Waals surface area contributed by atoms with Gasteiger partial charge in [0.1, 0.15) is 0 Å². The van der Waals surface area contributed by atoms with Crippen LogP contribution in [0.2, 0.25) is 0 Å². The number of hydrogen-bond acceptors (Lipinski definition) is 3. The molecular weight excluding hydrogens is 238 g/mol. The van der Waals surface area contributed by atoms with Gasteiger partial charge in [0.25, 0.3) is 0 Å². The van der Waals surface area contributed by atoms with E-state index in [1.807, 2.05) is 11.9 Å². The summed E-state index contributed by atoms with van der Waals surface area (Å²) >= 11 is 0. The monoisotopic (exact) mass is 269 g/mol. The fourth-order valence-corrected chi connectivity index (χ4v) is 2.55. The van der Waals surface area contributed by atoms with Gasteiger partial charge < -0.3 is 15.1 Å². The Morgan fingerprint density at radius 2 is 1.89 bits per heavy atom. The Hall–Kier alpha value is -0.610. The lowest BCUT2D eigenvalue weighted by atomic mass is 10.0. The molecule has 0 radical (unpaired) electrons. The van der Waals surface area contributed by atoms with Crippen molar-refractivity contribution in [3.8, 4) is 0 Å². The van der Waals surface area contributed by atoms with Crippen molar-refractivity contribution in [2.45, 2.75) is 58.5 Å². The molecule has 0 saturated carbocycles. The zero-order valence-corrected chi connectivity index (χ0v) is 13.3. The molecule has 1 fully saturated rings. The number of amides is 1. The number of nitrogens with zero attached hydrogens (tertiary/aromatic N) is 2. The molecule has 0 aromatic heterocycles. The van der Waals surface area contributed by atoms with Gasteiger partial charge in [-0.2, -0.15) is 0 Å². The van der Waals surface area contributed by atoms with E-state index in [0.29, 0.717) is 12.5 Å². The fraction of sp³-hybridized carbons (Fsp3) is 0.933. The molecule has 1 N–H and O–H groups in total. The van der Waals surface area contributed by atoms with E-state index in [1.54, 1.807) is 0 Å². The molecule has 1 saturated heterocycles. The van der Waals surface area contributed by atoms with Gasteiger partial charge in [0.15, 0.2) is 0 Å². The van der Waals surface area contributed by atoms with Crippen LogP contribution in [0.1, 0.15) is 47.0 Å². The lowest BCUT2D eigenvalue weighted by Gasteiger charge is -2.36. The minimum absolute atomic E-state index is 0.0886. The van der Waals surface area contributed by atoms with Gasteiger partial charge in [-0.15, -0.1) is 0 Å². The summed E-state index contributed by atoms with van der Waals surface area (Å²) in [5.41, 5.74) is 0.0886. The topological polar surface area (TPSA) is 35.6 Å². The maximum absolute atomic E-state index is 12.2. The van der Waals surface area contributed by atoms with E-state index in [4.69, 9.17) is 0 Å². The molecule has 0 bridgehead atoms. The molecule has 0 spiro atoms. The molecule has 0 aromatic rings. The molecule has 1 amide bonds. The Labute approximate surface area is 118 Å². The predicted molar refractivity (Wildman–Crippen MR) is 80.3 cm³/mol. The van der Waals surface area contributed by atoms with Crippen LogP contribution in [-0.4, -0.2) is 60.5 Å². The van der Waals surface area contributed by atoms with E-state index in [0.717, 1.165) is 39.0 Å². The van der Waals surface area contributed by atoms with Gasteiger partial charge in [-0.1, -0.05) is 6.92 Å². The first-order valence-corrected chi connectivity index (χ1v) is 7.56. The first-order valence-electron chi connectivity index (χ1n) is 7.56. The normalized spacial score (nSPS) is 18.6. The third kappa shape index (κ3) is 5.91.